The predicted octanol–water partition coefficient (Wildman–Crippen LogP) is -2.42. The van der Waals surface area contributed by atoms with E-state index in [4.69, 9.17) is 23.1 Å². The maximum absolute atomic E-state index is 5.89. The van der Waals surface area contributed by atoms with Crippen LogP contribution < -0.4 is 23.9 Å². The third kappa shape index (κ3) is 2.85. The molecule has 0 saturated heterocycles. The van der Waals surface area contributed by atoms with E-state index >= 15 is 0 Å². The fourth-order valence-corrected chi connectivity index (χ4v) is 1.56. The van der Waals surface area contributed by atoms with Gasteiger partial charge in [0.15, 0.2) is 10.8 Å². The second-order valence-corrected chi connectivity index (χ2v) is 3.51. The van der Waals surface area contributed by atoms with Crippen LogP contribution in [0.3, 0.4) is 0 Å². The quantitative estimate of drug-likeness (QED) is 0.480. The highest BCUT2D eigenvalue weighted by atomic mass is 35.5. The fraction of sp³-hybridized carbons (Fsp3) is 0.222. The van der Waals surface area contributed by atoms with Crippen LogP contribution in [0.2, 0.25) is 5.15 Å². The van der Waals surface area contributed by atoms with Gasteiger partial charge in [0.2, 0.25) is 5.95 Å². The number of fused-ring (bicyclic) bond motifs is 1. The number of nitrogens with two attached hydrogens (primary N) is 2. The zero-order valence-corrected chi connectivity index (χ0v) is 10.4. The average Bonchev–Trinajstić information content (AvgIpc) is 2.62. The molecular weight excluding hydrogens is 263 g/mol. The summed E-state index contributed by atoms with van der Waals surface area (Å²) in [6.07, 6.45) is 5.43. The van der Waals surface area contributed by atoms with Gasteiger partial charge in [0, 0.05) is 13.1 Å². The van der Waals surface area contributed by atoms with Gasteiger partial charge in [-0.05, 0) is 0 Å². The second-order valence-electron chi connectivity index (χ2n) is 3.15. The number of halogens is 2. The van der Waals surface area contributed by atoms with E-state index in [2.05, 4.69) is 15.0 Å². The summed E-state index contributed by atoms with van der Waals surface area (Å²) in [4.78, 5) is 12.0. The van der Waals surface area contributed by atoms with Gasteiger partial charge in [-0.2, -0.15) is 9.97 Å². The Morgan fingerprint density at radius 1 is 1.35 bits per heavy atom. The Balaban J connectivity index is 0.00000144. The maximum atomic E-state index is 5.89. The molecule has 8 heteroatoms. The Kier molecular flexibility index (Phi) is 4.68. The van der Waals surface area contributed by atoms with Crippen molar-refractivity contribution in [2.24, 2.45) is 5.73 Å². The van der Waals surface area contributed by atoms with Crippen LogP contribution in [-0.4, -0.2) is 26.1 Å². The third-order valence-electron chi connectivity index (χ3n) is 2.04. The van der Waals surface area contributed by atoms with Gasteiger partial charge in [0.1, 0.15) is 5.52 Å². The standard InChI is InChI=1S/C9H11ClN6.ClH/c10-7-6-8(15-9(12)14-7)16(5-13-6)4-2-1-3-11;/h1-2,5H,3-4,11H2,(H2,12,14,15);1H/p-1/b2-1-;. The van der Waals surface area contributed by atoms with Crippen molar-refractivity contribution in [1.82, 2.24) is 19.5 Å². The van der Waals surface area contributed by atoms with E-state index in [-0.39, 0.29) is 23.5 Å². The molecule has 0 aliphatic rings. The van der Waals surface area contributed by atoms with Gasteiger partial charge < -0.3 is 28.4 Å². The average molecular weight is 274 g/mol. The van der Waals surface area contributed by atoms with Crippen LogP contribution in [0.25, 0.3) is 11.2 Å². The lowest BCUT2D eigenvalue weighted by Crippen LogP contribution is -3.00. The molecule has 0 unspecified atom stereocenters. The Labute approximate surface area is 109 Å². The van der Waals surface area contributed by atoms with Gasteiger partial charge in [-0.1, -0.05) is 23.8 Å². The fourth-order valence-electron chi connectivity index (χ4n) is 1.34. The van der Waals surface area contributed by atoms with Crippen molar-refractivity contribution in [3.63, 3.8) is 0 Å². The minimum atomic E-state index is 0. The number of anilines is 1. The molecule has 0 aliphatic heterocycles. The summed E-state index contributed by atoms with van der Waals surface area (Å²) >= 11 is 5.89. The molecule has 0 amide bonds. The molecule has 4 N–H and O–H groups in total. The molecule has 2 rings (SSSR count). The lowest BCUT2D eigenvalue weighted by Gasteiger charge is -1.99. The van der Waals surface area contributed by atoms with Gasteiger partial charge in [-0.15, -0.1) is 0 Å². The predicted molar refractivity (Wildman–Crippen MR) is 62.9 cm³/mol. The van der Waals surface area contributed by atoms with E-state index in [0.29, 0.717) is 24.3 Å². The summed E-state index contributed by atoms with van der Waals surface area (Å²) in [5.74, 6) is 0.141. The molecule has 2 heterocycles. The number of aromatic nitrogens is 4. The normalized spacial score (nSPS) is 10.9. The van der Waals surface area contributed by atoms with Crippen LogP contribution in [-0.2, 0) is 6.54 Å². The number of allylic oxidation sites excluding steroid dienone is 1. The molecule has 0 atom stereocenters. The van der Waals surface area contributed by atoms with Gasteiger partial charge in [0.25, 0.3) is 0 Å². The lowest BCUT2D eigenvalue weighted by molar-refractivity contribution is -0.00000355. The molecule has 17 heavy (non-hydrogen) atoms. The summed E-state index contributed by atoms with van der Waals surface area (Å²) in [7, 11) is 0. The van der Waals surface area contributed by atoms with E-state index in [9.17, 15) is 0 Å². The number of hydrogen-bond donors (Lipinski definition) is 2. The van der Waals surface area contributed by atoms with Gasteiger partial charge in [-0.25, -0.2) is 4.98 Å². The van der Waals surface area contributed by atoms with E-state index in [1.807, 2.05) is 16.7 Å². The molecule has 0 aliphatic carbocycles. The van der Waals surface area contributed by atoms with Crippen LogP contribution in [0.15, 0.2) is 18.5 Å². The number of rotatable bonds is 3. The van der Waals surface area contributed by atoms with E-state index < -0.39 is 0 Å². The molecule has 0 radical (unpaired) electrons. The first-order valence-electron chi connectivity index (χ1n) is 4.71. The molecule has 0 saturated carbocycles. The summed E-state index contributed by atoms with van der Waals surface area (Å²) in [6.45, 7) is 1.13. The summed E-state index contributed by atoms with van der Waals surface area (Å²) in [5, 5.41) is 0.268. The Bertz CT molecular complexity index is 536. The molecule has 0 spiro atoms. The first kappa shape index (κ1) is 13.7. The molecule has 92 valence electrons. The van der Waals surface area contributed by atoms with Crippen molar-refractivity contribution in [1.29, 1.82) is 0 Å². The lowest BCUT2D eigenvalue weighted by atomic mass is 10.4. The Morgan fingerprint density at radius 2 is 2.12 bits per heavy atom. The number of imidazole rings is 1. The van der Waals surface area contributed by atoms with Crippen LogP contribution in [0.4, 0.5) is 5.95 Å². The van der Waals surface area contributed by atoms with Crippen LogP contribution >= 0.6 is 11.6 Å². The molecular formula is C9H11Cl2N6-. The summed E-state index contributed by atoms with van der Waals surface area (Å²) in [5.41, 5.74) is 12.0. The van der Waals surface area contributed by atoms with Gasteiger partial charge in [-0.3, -0.25) is 0 Å². The molecule has 2 aromatic rings. The minimum absolute atomic E-state index is 0. The second kappa shape index (κ2) is 5.81. The van der Waals surface area contributed by atoms with Crippen molar-refractivity contribution in [2.75, 3.05) is 12.3 Å². The smallest absolute Gasteiger partial charge is 0.223 e. The number of nitrogens with zero attached hydrogens (tertiary/aromatic N) is 4. The van der Waals surface area contributed by atoms with Crippen molar-refractivity contribution in [2.45, 2.75) is 6.54 Å². The van der Waals surface area contributed by atoms with Crippen LogP contribution in [0.1, 0.15) is 0 Å². The first-order valence-corrected chi connectivity index (χ1v) is 5.09. The highest BCUT2D eigenvalue weighted by Gasteiger charge is 2.09. The Hall–Kier alpha value is -1.37. The highest BCUT2D eigenvalue weighted by Crippen LogP contribution is 2.19. The number of nitrogen functional groups attached to an aromatic ring is 1. The third-order valence-corrected chi connectivity index (χ3v) is 2.31. The minimum Gasteiger partial charge on any atom is -1.00 e. The van der Waals surface area contributed by atoms with Gasteiger partial charge in [0.05, 0.1) is 6.33 Å². The van der Waals surface area contributed by atoms with E-state index in [1.165, 1.54) is 0 Å². The largest absolute Gasteiger partial charge is 1.00 e. The highest BCUT2D eigenvalue weighted by molar-refractivity contribution is 6.33. The zero-order chi connectivity index (χ0) is 11.5. The summed E-state index contributed by atoms with van der Waals surface area (Å²) < 4.78 is 1.82. The molecule has 0 aromatic carbocycles. The molecule has 6 nitrogen and oxygen atoms in total. The Morgan fingerprint density at radius 3 is 2.82 bits per heavy atom. The SMILES string of the molecule is NC/C=C\Cn1cnc2c(Cl)nc(N)nc21.[Cl-]. The molecule has 0 bridgehead atoms. The van der Waals surface area contributed by atoms with Crippen molar-refractivity contribution >= 4 is 28.7 Å². The van der Waals surface area contributed by atoms with Crippen LogP contribution in [0, 0.1) is 0 Å². The summed E-state index contributed by atoms with van der Waals surface area (Å²) in [6, 6.07) is 0. The van der Waals surface area contributed by atoms with Crippen molar-refractivity contribution in [3.8, 4) is 0 Å². The van der Waals surface area contributed by atoms with Crippen LogP contribution in [0.5, 0.6) is 0 Å². The molecule has 2 aromatic heterocycles. The van der Waals surface area contributed by atoms with Crippen molar-refractivity contribution in [3.05, 3.63) is 23.6 Å². The van der Waals surface area contributed by atoms with Gasteiger partial charge >= 0.3 is 0 Å². The monoisotopic (exact) mass is 273 g/mol. The van der Waals surface area contributed by atoms with Crippen molar-refractivity contribution < 1.29 is 12.4 Å². The number of hydrogen-bond acceptors (Lipinski definition) is 5. The molecule has 0 fully saturated rings. The maximum Gasteiger partial charge on any atom is 0.223 e. The van der Waals surface area contributed by atoms with E-state index in [0.717, 1.165) is 0 Å². The van der Waals surface area contributed by atoms with E-state index in [1.54, 1.807) is 6.33 Å². The first-order chi connectivity index (χ1) is 7.72. The topological polar surface area (TPSA) is 95.6 Å². The zero-order valence-electron chi connectivity index (χ0n) is 8.85.